The molecule has 1 aromatic carbocycles. The van der Waals surface area contributed by atoms with Crippen LogP contribution in [0.5, 0.6) is 0 Å². The lowest BCUT2D eigenvalue weighted by Crippen LogP contribution is -2.46. The number of carboxylic acid groups (broad SMARTS) is 1. The van der Waals surface area contributed by atoms with E-state index in [1.165, 1.54) is 13.8 Å². The summed E-state index contributed by atoms with van der Waals surface area (Å²) in [5.41, 5.74) is -1.08. The van der Waals surface area contributed by atoms with Crippen LogP contribution in [0.15, 0.2) is 18.2 Å². The zero-order valence-corrected chi connectivity index (χ0v) is 9.05. The molecule has 0 unspecified atom stereocenters. The van der Waals surface area contributed by atoms with Crippen LogP contribution in [0.1, 0.15) is 19.4 Å². The summed E-state index contributed by atoms with van der Waals surface area (Å²) in [6, 6.07) is 3.07. The Bertz CT molecular complexity index is 405. The van der Waals surface area contributed by atoms with Crippen molar-refractivity contribution in [1.29, 1.82) is 0 Å². The maximum Gasteiger partial charge on any atom is 0.323 e. The molecule has 0 saturated carbocycles. The second-order valence-electron chi connectivity index (χ2n) is 4.02. The quantitative estimate of drug-likeness (QED) is 0.829. The summed E-state index contributed by atoms with van der Waals surface area (Å²) in [4.78, 5) is 10.8. The number of halogens is 2. The monoisotopic (exact) mass is 229 g/mol. The highest BCUT2D eigenvalue weighted by atomic mass is 19.1. The Kier molecular flexibility index (Phi) is 3.59. The van der Waals surface area contributed by atoms with Crippen LogP contribution in [0.4, 0.5) is 8.78 Å². The van der Waals surface area contributed by atoms with E-state index in [1.807, 2.05) is 0 Å². The second-order valence-corrected chi connectivity index (χ2v) is 4.02. The van der Waals surface area contributed by atoms with E-state index in [0.29, 0.717) is 0 Å². The van der Waals surface area contributed by atoms with Gasteiger partial charge in [0, 0.05) is 12.1 Å². The molecule has 0 aliphatic rings. The van der Waals surface area contributed by atoms with Gasteiger partial charge >= 0.3 is 5.97 Å². The maximum absolute atomic E-state index is 13.2. The summed E-state index contributed by atoms with van der Waals surface area (Å²) < 4.78 is 26.0. The number of hydrogen-bond donors (Lipinski definition) is 2. The van der Waals surface area contributed by atoms with Gasteiger partial charge in [0.1, 0.15) is 17.2 Å². The summed E-state index contributed by atoms with van der Waals surface area (Å²) in [5, 5.41) is 11.4. The van der Waals surface area contributed by atoms with Gasteiger partial charge in [-0.2, -0.15) is 0 Å². The van der Waals surface area contributed by atoms with E-state index in [9.17, 15) is 13.6 Å². The van der Waals surface area contributed by atoms with Gasteiger partial charge in [0.25, 0.3) is 0 Å². The van der Waals surface area contributed by atoms with Gasteiger partial charge in [0.15, 0.2) is 0 Å². The number of carboxylic acids is 1. The third-order valence-electron chi connectivity index (χ3n) is 2.26. The number of carbonyl (C=O) groups is 1. The Morgan fingerprint density at radius 2 is 2.06 bits per heavy atom. The van der Waals surface area contributed by atoms with Crippen molar-refractivity contribution in [2.75, 3.05) is 0 Å². The molecule has 88 valence electrons. The maximum atomic E-state index is 13.2. The predicted molar refractivity (Wildman–Crippen MR) is 54.9 cm³/mol. The largest absolute Gasteiger partial charge is 0.480 e. The standard InChI is InChI=1S/C11H13F2NO2/c1-11(2,10(15)16)14-6-7-5-8(12)3-4-9(7)13/h3-5,14H,6H2,1-2H3,(H,15,16). The number of rotatable bonds is 4. The Morgan fingerprint density at radius 3 is 2.62 bits per heavy atom. The van der Waals surface area contributed by atoms with Crippen LogP contribution < -0.4 is 5.32 Å². The van der Waals surface area contributed by atoms with E-state index in [2.05, 4.69) is 5.32 Å². The van der Waals surface area contributed by atoms with Crippen LogP contribution >= 0.6 is 0 Å². The van der Waals surface area contributed by atoms with Crippen molar-refractivity contribution in [3.05, 3.63) is 35.4 Å². The lowest BCUT2D eigenvalue weighted by molar-refractivity contribution is -0.143. The zero-order chi connectivity index (χ0) is 12.3. The molecular weight excluding hydrogens is 216 g/mol. The first-order chi connectivity index (χ1) is 7.33. The Hall–Kier alpha value is -1.49. The number of hydrogen-bond acceptors (Lipinski definition) is 2. The predicted octanol–water partition coefficient (Wildman–Crippen LogP) is 1.92. The molecule has 2 N–H and O–H groups in total. The van der Waals surface area contributed by atoms with Crippen molar-refractivity contribution in [1.82, 2.24) is 5.32 Å². The third kappa shape index (κ3) is 3.00. The minimum absolute atomic E-state index is 0.0388. The molecule has 3 nitrogen and oxygen atoms in total. The smallest absolute Gasteiger partial charge is 0.323 e. The number of aliphatic carboxylic acids is 1. The molecule has 0 aliphatic heterocycles. The van der Waals surface area contributed by atoms with Crippen LogP contribution in [0.2, 0.25) is 0 Å². The van der Waals surface area contributed by atoms with Gasteiger partial charge in [0.05, 0.1) is 0 Å². The first-order valence-corrected chi connectivity index (χ1v) is 4.75. The van der Waals surface area contributed by atoms with Crippen LogP contribution in [-0.4, -0.2) is 16.6 Å². The molecule has 16 heavy (non-hydrogen) atoms. The van der Waals surface area contributed by atoms with Crippen molar-refractivity contribution < 1.29 is 18.7 Å². The van der Waals surface area contributed by atoms with Crippen molar-refractivity contribution in [3.8, 4) is 0 Å². The molecule has 0 saturated heterocycles. The molecule has 5 heteroatoms. The normalized spacial score (nSPS) is 11.5. The second kappa shape index (κ2) is 4.57. The highest BCUT2D eigenvalue weighted by molar-refractivity contribution is 5.77. The number of benzene rings is 1. The lowest BCUT2D eigenvalue weighted by atomic mass is 10.1. The topological polar surface area (TPSA) is 49.3 Å². The molecule has 0 bridgehead atoms. The first kappa shape index (κ1) is 12.6. The van der Waals surface area contributed by atoms with E-state index < -0.39 is 23.1 Å². The van der Waals surface area contributed by atoms with E-state index >= 15 is 0 Å². The summed E-state index contributed by atoms with van der Waals surface area (Å²) in [6.07, 6.45) is 0. The average molecular weight is 229 g/mol. The Balaban J connectivity index is 2.75. The van der Waals surface area contributed by atoms with Gasteiger partial charge in [0.2, 0.25) is 0 Å². The van der Waals surface area contributed by atoms with Gasteiger partial charge in [-0.3, -0.25) is 10.1 Å². The average Bonchev–Trinajstić information content (AvgIpc) is 2.19. The fourth-order valence-corrected chi connectivity index (χ4v) is 1.07. The van der Waals surface area contributed by atoms with Crippen LogP contribution in [-0.2, 0) is 11.3 Å². The third-order valence-corrected chi connectivity index (χ3v) is 2.26. The van der Waals surface area contributed by atoms with E-state index in [0.717, 1.165) is 18.2 Å². The van der Waals surface area contributed by atoms with Gasteiger partial charge in [-0.05, 0) is 32.0 Å². The van der Waals surface area contributed by atoms with Crippen molar-refractivity contribution >= 4 is 5.97 Å². The summed E-state index contributed by atoms with van der Waals surface area (Å²) in [7, 11) is 0. The van der Waals surface area contributed by atoms with Crippen molar-refractivity contribution in [2.24, 2.45) is 0 Å². The molecule has 0 radical (unpaired) electrons. The van der Waals surface area contributed by atoms with Gasteiger partial charge in [-0.1, -0.05) is 0 Å². The molecule has 0 fully saturated rings. The Labute approximate surface area is 92.1 Å². The highest BCUT2D eigenvalue weighted by Gasteiger charge is 2.26. The molecule has 0 amide bonds. The van der Waals surface area contributed by atoms with E-state index in [1.54, 1.807) is 0 Å². The molecule has 0 atom stereocenters. The molecule has 0 spiro atoms. The highest BCUT2D eigenvalue weighted by Crippen LogP contribution is 2.11. The molecule has 0 heterocycles. The number of nitrogens with one attached hydrogen (secondary N) is 1. The fourth-order valence-electron chi connectivity index (χ4n) is 1.07. The molecule has 1 aromatic rings. The lowest BCUT2D eigenvalue weighted by Gasteiger charge is -2.21. The van der Waals surface area contributed by atoms with Crippen molar-refractivity contribution in [2.45, 2.75) is 25.9 Å². The van der Waals surface area contributed by atoms with E-state index in [-0.39, 0.29) is 12.1 Å². The minimum Gasteiger partial charge on any atom is -0.480 e. The molecule has 0 aromatic heterocycles. The summed E-state index contributed by atoms with van der Waals surface area (Å²) in [5.74, 6) is -2.16. The molecule has 0 aliphatic carbocycles. The van der Waals surface area contributed by atoms with E-state index in [4.69, 9.17) is 5.11 Å². The summed E-state index contributed by atoms with van der Waals surface area (Å²) >= 11 is 0. The SMILES string of the molecule is CC(C)(NCc1cc(F)ccc1F)C(=O)O. The summed E-state index contributed by atoms with van der Waals surface area (Å²) in [6.45, 7) is 2.86. The minimum atomic E-state index is -1.18. The van der Waals surface area contributed by atoms with Gasteiger partial charge in [-0.15, -0.1) is 0 Å². The van der Waals surface area contributed by atoms with Crippen molar-refractivity contribution in [3.63, 3.8) is 0 Å². The van der Waals surface area contributed by atoms with Crippen LogP contribution in [0.3, 0.4) is 0 Å². The van der Waals surface area contributed by atoms with Gasteiger partial charge in [-0.25, -0.2) is 8.78 Å². The first-order valence-electron chi connectivity index (χ1n) is 4.75. The zero-order valence-electron chi connectivity index (χ0n) is 9.05. The Morgan fingerprint density at radius 1 is 1.44 bits per heavy atom. The van der Waals surface area contributed by atoms with Crippen LogP contribution in [0.25, 0.3) is 0 Å². The fraction of sp³-hybridized carbons (Fsp3) is 0.364. The van der Waals surface area contributed by atoms with Crippen LogP contribution in [0, 0.1) is 11.6 Å². The molecular formula is C11H13F2NO2. The molecule has 1 rings (SSSR count). The van der Waals surface area contributed by atoms with Gasteiger partial charge < -0.3 is 5.11 Å².